The Balaban J connectivity index is 1.58. The Hall–Kier alpha value is -1.72. The van der Waals surface area contributed by atoms with Crippen LogP contribution in [0.15, 0.2) is 18.2 Å². The molecular weight excluding hydrogens is 360 g/mol. The van der Waals surface area contributed by atoms with Crippen LogP contribution in [-0.2, 0) is 0 Å². The van der Waals surface area contributed by atoms with E-state index < -0.39 is 5.60 Å². The molecule has 2 heterocycles. The van der Waals surface area contributed by atoms with Crippen molar-refractivity contribution in [1.29, 1.82) is 0 Å². The lowest BCUT2D eigenvalue weighted by atomic mass is 9.99. The van der Waals surface area contributed by atoms with Gasteiger partial charge in [-0.15, -0.1) is 0 Å². The molecule has 29 heavy (non-hydrogen) atoms. The van der Waals surface area contributed by atoms with Crippen LogP contribution in [0.25, 0.3) is 10.9 Å². The first-order valence-electron chi connectivity index (χ1n) is 11.2. The lowest BCUT2D eigenvalue weighted by molar-refractivity contribution is 0.0674. The number of fused-ring (bicyclic) bond motifs is 1. The van der Waals surface area contributed by atoms with E-state index in [9.17, 15) is 5.11 Å². The van der Waals surface area contributed by atoms with Crippen LogP contribution < -0.4 is 10.2 Å². The van der Waals surface area contributed by atoms with Gasteiger partial charge >= 0.3 is 0 Å². The molecule has 1 aliphatic heterocycles. The zero-order valence-corrected chi connectivity index (χ0v) is 18.8. The van der Waals surface area contributed by atoms with Gasteiger partial charge in [-0.25, -0.2) is 9.97 Å². The molecular formula is C24H38N4O. The van der Waals surface area contributed by atoms with Crippen molar-refractivity contribution in [2.45, 2.75) is 90.8 Å². The van der Waals surface area contributed by atoms with Crippen molar-refractivity contribution in [1.82, 2.24) is 15.3 Å². The average molecular weight is 399 g/mol. The number of hydrogen-bond acceptors (Lipinski definition) is 5. The predicted octanol–water partition coefficient (Wildman–Crippen LogP) is 4.52. The van der Waals surface area contributed by atoms with Crippen LogP contribution >= 0.6 is 0 Å². The largest absolute Gasteiger partial charge is 0.390 e. The van der Waals surface area contributed by atoms with Gasteiger partial charge in [-0.3, -0.25) is 0 Å². The minimum Gasteiger partial charge on any atom is -0.390 e. The van der Waals surface area contributed by atoms with Gasteiger partial charge in [-0.05, 0) is 84.8 Å². The molecule has 0 spiro atoms. The van der Waals surface area contributed by atoms with Gasteiger partial charge in [0.2, 0.25) is 5.95 Å². The first-order chi connectivity index (χ1) is 13.7. The Labute approximate surface area is 175 Å². The Morgan fingerprint density at radius 3 is 2.76 bits per heavy atom. The summed E-state index contributed by atoms with van der Waals surface area (Å²) in [6.45, 7) is 12.3. The molecule has 2 N–H and O–H groups in total. The van der Waals surface area contributed by atoms with Crippen LogP contribution in [-0.4, -0.2) is 45.8 Å². The second-order valence-corrected chi connectivity index (χ2v) is 9.52. The molecule has 3 rings (SSSR count). The summed E-state index contributed by atoms with van der Waals surface area (Å²) >= 11 is 0. The van der Waals surface area contributed by atoms with Crippen molar-refractivity contribution in [2.24, 2.45) is 0 Å². The number of benzene rings is 1. The molecule has 2 aromatic rings. The van der Waals surface area contributed by atoms with Gasteiger partial charge in [-0.2, -0.15) is 0 Å². The minimum absolute atomic E-state index is 0.482. The summed E-state index contributed by atoms with van der Waals surface area (Å²) in [6, 6.07) is 7.44. The molecule has 1 aromatic heterocycles. The number of rotatable bonds is 7. The molecule has 1 saturated heterocycles. The van der Waals surface area contributed by atoms with E-state index in [2.05, 4.69) is 49.2 Å². The lowest BCUT2D eigenvalue weighted by Gasteiger charge is -2.24. The van der Waals surface area contributed by atoms with Gasteiger partial charge in [0.1, 0.15) is 0 Å². The third-order valence-corrected chi connectivity index (χ3v) is 5.99. The summed E-state index contributed by atoms with van der Waals surface area (Å²) in [4.78, 5) is 12.1. The number of aromatic nitrogens is 2. The summed E-state index contributed by atoms with van der Waals surface area (Å²) in [7, 11) is 0. The summed E-state index contributed by atoms with van der Waals surface area (Å²) in [5, 5.41) is 14.9. The van der Waals surface area contributed by atoms with Crippen LogP contribution in [0.3, 0.4) is 0 Å². The van der Waals surface area contributed by atoms with Crippen LogP contribution in [0.4, 0.5) is 5.95 Å². The molecule has 1 aromatic carbocycles. The zero-order chi connectivity index (χ0) is 21.0. The number of hydrogen-bond donors (Lipinski definition) is 2. The van der Waals surface area contributed by atoms with E-state index in [1.54, 1.807) is 0 Å². The molecule has 0 aliphatic carbocycles. The van der Waals surface area contributed by atoms with Crippen molar-refractivity contribution in [2.75, 3.05) is 18.0 Å². The number of anilines is 1. The predicted molar refractivity (Wildman–Crippen MR) is 122 cm³/mol. The maximum Gasteiger partial charge on any atom is 0.226 e. The van der Waals surface area contributed by atoms with Crippen LogP contribution in [0, 0.1) is 13.8 Å². The third-order valence-electron chi connectivity index (χ3n) is 5.99. The van der Waals surface area contributed by atoms with E-state index in [-0.39, 0.29) is 0 Å². The highest BCUT2D eigenvalue weighted by Crippen LogP contribution is 2.23. The maximum atomic E-state index is 9.89. The average Bonchev–Trinajstić information content (AvgIpc) is 2.85. The van der Waals surface area contributed by atoms with Crippen molar-refractivity contribution in [3.63, 3.8) is 0 Å². The molecule has 2 atom stereocenters. The number of aliphatic hydroxyl groups is 1. The van der Waals surface area contributed by atoms with E-state index in [0.29, 0.717) is 12.1 Å². The van der Waals surface area contributed by atoms with Crippen molar-refractivity contribution in [3.05, 3.63) is 29.5 Å². The van der Waals surface area contributed by atoms with Crippen LogP contribution in [0.2, 0.25) is 0 Å². The molecule has 0 amide bonds. The molecule has 0 saturated carbocycles. The molecule has 5 heteroatoms. The Morgan fingerprint density at radius 1 is 1.21 bits per heavy atom. The van der Waals surface area contributed by atoms with E-state index in [1.165, 1.54) is 12.0 Å². The van der Waals surface area contributed by atoms with Crippen LogP contribution in [0.1, 0.15) is 70.6 Å². The fraction of sp³-hybridized carbons (Fsp3) is 0.667. The van der Waals surface area contributed by atoms with Gasteiger partial charge in [0.15, 0.2) is 0 Å². The fourth-order valence-electron chi connectivity index (χ4n) is 4.31. The highest BCUT2D eigenvalue weighted by molar-refractivity contribution is 5.82. The topological polar surface area (TPSA) is 61.3 Å². The van der Waals surface area contributed by atoms with Crippen molar-refractivity contribution in [3.8, 4) is 0 Å². The fourth-order valence-corrected chi connectivity index (χ4v) is 4.31. The van der Waals surface area contributed by atoms with Crippen molar-refractivity contribution < 1.29 is 5.11 Å². The SMILES string of the molecule is Cc1ccc2c(C)nc(N3CCC[C@H](N[C@@H](C)CCCC(C)(C)O)CC3)nc2c1. The van der Waals surface area contributed by atoms with Gasteiger partial charge in [0, 0.05) is 30.6 Å². The lowest BCUT2D eigenvalue weighted by Crippen LogP contribution is -2.37. The summed E-state index contributed by atoms with van der Waals surface area (Å²) < 4.78 is 0. The molecule has 5 nitrogen and oxygen atoms in total. The highest BCUT2D eigenvalue weighted by atomic mass is 16.3. The standard InChI is InChI=1S/C24H38N4O/c1-17-10-11-21-19(3)26-23(27-22(21)16-17)28-14-7-9-20(12-15-28)25-18(2)8-6-13-24(4,5)29/h10-11,16,18,20,25,29H,6-9,12-15H2,1-5H3/t18-,20-/m0/s1. The monoisotopic (exact) mass is 398 g/mol. The first-order valence-corrected chi connectivity index (χ1v) is 11.2. The number of aryl methyl sites for hydroxylation is 2. The van der Waals surface area contributed by atoms with E-state index in [0.717, 1.165) is 67.7 Å². The van der Waals surface area contributed by atoms with Crippen LogP contribution in [0.5, 0.6) is 0 Å². The summed E-state index contributed by atoms with van der Waals surface area (Å²) in [5.41, 5.74) is 2.79. The smallest absolute Gasteiger partial charge is 0.226 e. The molecule has 1 fully saturated rings. The first kappa shape index (κ1) is 22.0. The molecule has 0 bridgehead atoms. The zero-order valence-electron chi connectivity index (χ0n) is 18.8. The van der Waals surface area contributed by atoms with E-state index in [1.807, 2.05) is 13.8 Å². The molecule has 0 radical (unpaired) electrons. The normalized spacial score (nSPS) is 19.4. The molecule has 0 unspecified atom stereocenters. The number of nitrogens with zero attached hydrogens (tertiary/aromatic N) is 3. The van der Waals surface area contributed by atoms with Gasteiger partial charge in [0.05, 0.1) is 16.8 Å². The second kappa shape index (κ2) is 9.40. The number of nitrogens with one attached hydrogen (secondary N) is 1. The third kappa shape index (κ3) is 6.38. The molecule has 160 valence electrons. The summed E-state index contributed by atoms with van der Waals surface area (Å²) in [6.07, 6.45) is 6.48. The van der Waals surface area contributed by atoms with Gasteiger partial charge in [-0.1, -0.05) is 12.1 Å². The summed E-state index contributed by atoms with van der Waals surface area (Å²) in [5.74, 6) is 0.875. The van der Waals surface area contributed by atoms with E-state index >= 15 is 0 Å². The highest BCUT2D eigenvalue weighted by Gasteiger charge is 2.21. The molecule has 1 aliphatic rings. The van der Waals surface area contributed by atoms with E-state index in [4.69, 9.17) is 9.97 Å². The Morgan fingerprint density at radius 2 is 2.00 bits per heavy atom. The maximum absolute atomic E-state index is 9.89. The Kier molecular flexibility index (Phi) is 7.12. The second-order valence-electron chi connectivity index (χ2n) is 9.52. The Bertz CT molecular complexity index is 814. The van der Waals surface area contributed by atoms with Gasteiger partial charge < -0.3 is 15.3 Å². The quantitative estimate of drug-likeness (QED) is 0.718. The van der Waals surface area contributed by atoms with Crippen molar-refractivity contribution >= 4 is 16.9 Å². The minimum atomic E-state index is -0.556. The van der Waals surface area contributed by atoms with Gasteiger partial charge in [0.25, 0.3) is 0 Å².